The lowest BCUT2D eigenvalue weighted by molar-refractivity contribution is 0.318. The van der Waals surface area contributed by atoms with E-state index in [0.29, 0.717) is 24.4 Å². The van der Waals surface area contributed by atoms with Crippen LogP contribution < -0.4 is 0 Å². The summed E-state index contributed by atoms with van der Waals surface area (Å²) in [4.78, 5) is -0.605. The Bertz CT molecular complexity index is 1490. The van der Waals surface area contributed by atoms with E-state index >= 15 is 0 Å². The van der Waals surface area contributed by atoms with Gasteiger partial charge < -0.3 is 4.57 Å². The van der Waals surface area contributed by atoms with Gasteiger partial charge in [-0.1, -0.05) is 41.9 Å². The van der Waals surface area contributed by atoms with Crippen molar-refractivity contribution in [3.05, 3.63) is 100 Å². The Morgan fingerprint density at radius 3 is 2.37 bits per heavy atom. The lowest BCUT2D eigenvalue weighted by Crippen LogP contribution is -2.38. The first kappa shape index (κ1) is 24.0. The van der Waals surface area contributed by atoms with Gasteiger partial charge in [0.1, 0.15) is 16.5 Å². The average molecular weight is 515 g/mol. The van der Waals surface area contributed by atoms with Gasteiger partial charge >= 0.3 is 0 Å². The fraction of sp³-hybridized carbons (Fsp3) is 0.259. The minimum absolute atomic E-state index is 0.162. The molecule has 1 saturated heterocycles. The van der Waals surface area contributed by atoms with Crippen molar-refractivity contribution < 1.29 is 17.2 Å². The molecule has 35 heavy (non-hydrogen) atoms. The predicted molar refractivity (Wildman–Crippen MR) is 134 cm³/mol. The quantitative estimate of drug-likeness (QED) is 0.305. The number of hydrogen-bond acceptors (Lipinski definition) is 2. The minimum Gasteiger partial charge on any atom is -0.340 e. The third kappa shape index (κ3) is 4.48. The molecule has 0 N–H and O–H groups in total. The summed E-state index contributed by atoms with van der Waals surface area (Å²) in [6.45, 7) is 3.31. The zero-order chi connectivity index (χ0) is 24.7. The van der Waals surface area contributed by atoms with E-state index in [-0.39, 0.29) is 19.0 Å². The summed E-state index contributed by atoms with van der Waals surface area (Å²) in [6, 6.07) is 18.6. The topological polar surface area (TPSA) is 42.3 Å². The molecule has 182 valence electrons. The van der Waals surface area contributed by atoms with Crippen LogP contribution in [0.25, 0.3) is 10.9 Å². The van der Waals surface area contributed by atoms with E-state index in [1.54, 1.807) is 0 Å². The second kappa shape index (κ2) is 9.37. The van der Waals surface area contributed by atoms with Gasteiger partial charge in [-0.2, -0.15) is 4.31 Å². The summed E-state index contributed by atoms with van der Waals surface area (Å²) in [5.74, 6) is -1.55. The molecule has 1 aliphatic heterocycles. The first-order valence-corrected chi connectivity index (χ1v) is 13.3. The number of hydrogen-bond donors (Lipinski definition) is 0. The van der Waals surface area contributed by atoms with Gasteiger partial charge in [0.2, 0.25) is 10.0 Å². The van der Waals surface area contributed by atoms with Crippen molar-refractivity contribution in [1.29, 1.82) is 0 Å². The van der Waals surface area contributed by atoms with Crippen molar-refractivity contribution >= 4 is 32.5 Å². The van der Waals surface area contributed by atoms with Gasteiger partial charge in [-0.3, -0.25) is 0 Å². The summed E-state index contributed by atoms with van der Waals surface area (Å²) in [7, 11) is -4.11. The molecule has 0 spiro atoms. The number of nitrogens with zero attached hydrogens (tertiary/aromatic N) is 2. The SMILES string of the molecule is Cc1c(C2CCN(S(=O)(=O)c3cc(F)ccc3F)CC2)c2ccccc2n1Cc1ccc(Cl)cc1. The maximum atomic E-state index is 14.2. The molecule has 1 fully saturated rings. The molecule has 0 saturated carbocycles. The molecule has 0 amide bonds. The van der Waals surface area contributed by atoms with Gasteiger partial charge in [-0.25, -0.2) is 17.2 Å². The molecule has 4 nitrogen and oxygen atoms in total. The van der Waals surface area contributed by atoms with Crippen LogP contribution >= 0.6 is 11.6 Å². The lowest BCUT2D eigenvalue weighted by atomic mass is 9.88. The summed E-state index contributed by atoms with van der Waals surface area (Å²) in [5.41, 5.74) is 4.65. The minimum atomic E-state index is -4.11. The van der Waals surface area contributed by atoms with Crippen LogP contribution in [-0.2, 0) is 16.6 Å². The smallest absolute Gasteiger partial charge is 0.246 e. The van der Waals surface area contributed by atoms with Gasteiger partial charge in [-0.15, -0.1) is 0 Å². The molecular weight excluding hydrogens is 490 g/mol. The number of rotatable bonds is 5. The molecule has 0 aliphatic carbocycles. The first-order valence-electron chi connectivity index (χ1n) is 11.5. The molecule has 8 heteroatoms. The second-order valence-electron chi connectivity index (χ2n) is 8.98. The molecule has 0 radical (unpaired) electrons. The van der Waals surface area contributed by atoms with E-state index in [4.69, 9.17) is 11.6 Å². The highest BCUT2D eigenvalue weighted by atomic mass is 35.5. The molecule has 0 atom stereocenters. The third-order valence-corrected chi connectivity index (χ3v) is 9.07. The van der Waals surface area contributed by atoms with Crippen molar-refractivity contribution in [3.8, 4) is 0 Å². The Kier molecular flexibility index (Phi) is 6.42. The predicted octanol–water partition coefficient (Wildman–Crippen LogP) is 6.50. The summed E-state index contributed by atoms with van der Waals surface area (Å²) in [5, 5.41) is 1.86. The molecule has 1 aliphatic rings. The van der Waals surface area contributed by atoms with Gasteiger partial charge in [0.05, 0.1) is 0 Å². The van der Waals surface area contributed by atoms with Gasteiger partial charge in [0.25, 0.3) is 0 Å². The summed E-state index contributed by atoms with van der Waals surface area (Å²) < 4.78 is 57.4. The van der Waals surface area contributed by atoms with Crippen molar-refractivity contribution in [1.82, 2.24) is 8.87 Å². The Hall–Kier alpha value is -2.74. The van der Waals surface area contributed by atoms with E-state index in [1.165, 1.54) is 9.87 Å². The normalized spacial score (nSPS) is 15.7. The number of para-hydroxylation sites is 1. The maximum absolute atomic E-state index is 14.2. The first-order chi connectivity index (χ1) is 16.8. The number of fused-ring (bicyclic) bond motifs is 1. The third-order valence-electron chi connectivity index (χ3n) is 6.91. The number of halogens is 3. The van der Waals surface area contributed by atoms with Gasteiger partial charge in [0.15, 0.2) is 0 Å². The highest BCUT2D eigenvalue weighted by Crippen LogP contribution is 2.39. The fourth-order valence-corrected chi connectivity index (χ4v) is 6.82. The van der Waals surface area contributed by atoms with E-state index in [1.807, 2.05) is 36.4 Å². The van der Waals surface area contributed by atoms with Crippen LogP contribution in [0.4, 0.5) is 8.78 Å². The van der Waals surface area contributed by atoms with E-state index in [2.05, 4.69) is 23.6 Å². The molecule has 5 rings (SSSR count). The number of piperidine rings is 1. The van der Waals surface area contributed by atoms with Crippen molar-refractivity contribution in [2.45, 2.75) is 37.1 Å². The van der Waals surface area contributed by atoms with Crippen LogP contribution in [0.3, 0.4) is 0 Å². The zero-order valence-corrected chi connectivity index (χ0v) is 20.8. The Morgan fingerprint density at radius 2 is 1.66 bits per heavy atom. The van der Waals surface area contributed by atoms with Crippen LogP contribution in [0.1, 0.15) is 35.6 Å². The standard InChI is InChI=1S/C27H25ClF2N2O2S/c1-18-27(23-4-2-3-5-25(23)32(18)17-19-6-8-21(28)9-7-19)20-12-14-31(15-13-20)35(33,34)26-16-22(29)10-11-24(26)30/h2-11,16,20H,12-15,17H2,1H3. The largest absolute Gasteiger partial charge is 0.340 e. The van der Waals surface area contributed by atoms with Crippen LogP contribution in [0.15, 0.2) is 71.6 Å². The maximum Gasteiger partial charge on any atom is 0.246 e. The lowest BCUT2D eigenvalue weighted by Gasteiger charge is -2.31. The van der Waals surface area contributed by atoms with Crippen LogP contribution in [0.2, 0.25) is 5.02 Å². The highest BCUT2D eigenvalue weighted by Gasteiger charge is 2.33. The Balaban J connectivity index is 1.43. The molecule has 2 heterocycles. The molecule has 0 unspecified atom stereocenters. The van der Waals surface area contributed by atoms with E-state index in [0.717, 1.165) is 40.4 Å². The number of sulfonamides is 1. The van der Waals surface area contributed by atoms with Crippen LogP contribution in [0, 0.1) is 18.6 Å². The highest BCUT2D eigenvalue weighted by molar-refractivity contribution is 7.89. The van der Waals surface area contributed by atoms with Crippen molar-refractivity contribution in [2.24, 2.45) is 0 Å². The monoisotopic (exact) mass is 514 g/mol. The van der Waals surface area contributed by atoms with Crippen molar-refractivity contribution in [2.75, 3.05) is 13.1 Å². The molecule has 1 aromatic heterocycles. The molecular formula is C27H25ClF2N2O2S. The second-order valence-corrected chi connectivity index (χ2v) is 11.3. The van der Waals surface area contributed by atoms with Crippen LogP contribution in [0.5, 0.6) is 0 Å². The molecule has 0 bridgehead atoms. The molecule has 3 aromatic carbocycles. The van der Waals surface area contributed by atoms with Gasteiger partial charge in [-0.05, 0) is 73.2 Å². The summed E-state index contributed by atoms with van der Waals surface area (Å²) >= 11 is 6.05. The Morgan fingerprint density at radius 1 is 0.971 bits per heavy atom. The van der Waals surface area contributed by atoms with E-state index in [9.17, 15) is 17.2 Å². The Labute approximate surface area is 208 Å². The fourth-order valence-electron chi connectivity index (χ4n) is 5.15. The number of benzene rings is 3. The average Bonchev–Trinajstić information content (AvgIpc) is 3.13. The molecule has 4 aromatic rings. The van der Waals surface area contributed by atoms with Crippen LogP contribution in [-0.4, -0.2) is 30.4 Å². The zero-order valence-electron chi connectivity index (χ0n) is 19.2. The van der Waals surface area contributed by atoms with Crippen molar-refractivity contribution in [3.63, 3.8) is 0 Å². The van der Waals surface area contributed by atoms with E-state index < -0.39 is 26.6 Å². The number of aromatic nitrogens is 1. The summed E-state index contributed by atoms with van der Waals surface area (Å²) in [6.07, 6.45) is 1.21. The van der Waals surface area contributed by atoms with Gasteiger partial charge in [0, 0.05) is 41.3 Å².